The Kier molecular flexibility index (Phi) is 4.77. The Bertz CT molecular complexity index is 562. The Morgan fingerprint density at radius 3 is 2.52 bits per heavy atom. The Balaban J connectivity index is 1.88. The molecule has 1 aromatic carbocycles. The van der Waals surface area contributed by atoms with Crippen LogP contribution in [0.2, 0.25) is 0 Å². The highest BCUT2D eigenvalue weighted by Gasteiger charge is 2.33. The average molecular weight is 288 g/mol. The number of hydrogen-bond acceptors (Lipinski definition) is 4. The van der Waals surface area contributed by atoms with Crippen LogP contribution in [0.3, 0.4) is 0 Å². The number of carbonyl (C=O) groups excluding carboxylic acids is 1. The summed E-state index contributed by atoms with van der Waals surface area (Å²) in [5.74, 6) is -1.08. The highest BCUT2D eigenvalue weighted by Crippen LogP contribution is 2.32. The van der Waals surface area contributed by atoms with E-state index < -0.39 is 11.9 Å². The van der Waals surface area contributed by atoms with E-state index >= 15 is 0 Å². The van der Waals surface area contributed by atoms with Gasteiger partial charge in [0.1, 0.15) is 11.8 Å². The molecule has 6 heteroatoms. The van der Waals surface area contributed by atoms with Crippen molar-refractivity contribution in [1.29, 1.82) is 5.26 Å². The average Bonchev–Trinajstić information content (AvgIpc) is 2.97. The minimum Gasteiger partial charge on any atom is -0.481 e. The summed E-state index contributed by atoms with van der Waals surface area (Å²) in [5, 5.41) is 20.1. The van der Waals surface area contributed by atoms with E-state index in [1.807, 2.05) is 6.07 Å². The molecule has 2 N–H and O–H groups in total. The molecule has 2 rings (SSSR count). The molecule has 1 aromatic rings. The Morgan fingerprint density at radius 2 is 1.95 bits per heavy atom. The van der Waals surface area contributed by atoms with Gasteiger partial charge in [-0.25, -0.2) is 0 Å². The van der Waals surface area contributed by atoms with Gasteiger partial charge in [0.2, 0.25) is 5.91 Å². The lowest BCUT2D eigenvalue weighted by Crippen LogP contribution is -2.21. The van der Waals surface area contributed by atoms with E-state index in [9.17, 15) is 9.59 Å². The van der Waals surface area contributed by atoms with Gasteiger partial charge in [0.15, 0.2) is 6.61 Å². The van der Waals surface area contributed by atoms with Gasteiger partial charge in [-0.3, -0.25) is 9.59 Å². The maximum atomic E-state index is 12.1. The normalized spacial score (nSPS) is 20.5. The van der Waals surface area contributed by atoms with Crippen molar-refractivity contribution in [3.63, 3.8) is 0 Å². The third-order valence-corrected chi connectivity index (χ3v) is 3.58. The highest BCUT2D eigenvalue weighted by atomic mass is 16.5. The van der Waals surface area contributed by atoms with Crippen LogP contribution in [-0.4, -0.2) is 23.6 Å². The van der Waals surface area contributed by atoms with Crippen molar-refractivity contribution < 1.29 is 19.4 Å². The molecule has 0 unspecified atom stereocenters. The largest absolute Gasteiger partial charge is 0.481 e. The number of carboxylic acids is 1. The summed E-state index contributed by atoms with van der Waals surface area (Å²) in [4.78, 5) is 22.9. The molecule has 0 saturated heterocycles. The number of aliphatic carboxylic acids is 1. The van der Waals surface area contributed by atoms with E-state index in [0.717, 1.165) is 0 Å². The zero-order chi connectivity index (χ0) is 15.2. The van der Waals surface area contributed by atoms with Crippen molar-refractivity contribution in [3.8, 4) is 11.8 Å². The fourth-order valence-electron chi connectivity index (χ4n) is 2.44. The van der Waals surface area contributed by atoms with Gasteiger partial charge in [-0.1, -0.05) is 0 Å². The van der Waals surface area contributed by atoms with Crippen molar-refractivity contribution in [2.45, 2.75) is 19.3 Å². The fourth-order valence-corrected chi connectivity index (χ4v) is 2.44. The van der Waals surface area contributed by atoms with E-state index in [-0.39, 0.29) is 18.4 Å². The van der Waals surface area contributed by atoms with Crippen molar-refractivity contribution in [2.24, 2.45) is 11.8 Å². The first-order chi connectivity index (χ1) is 10.1. The first kappa shape index (κ1) is 14.9. The zero-order valence-corrected chi connectivity index (χ0v) is 11.4. The van der Waals surface area contributed by atoms with Crippen molar-refractivity contribution >= 4 is 17.6 Å². The number of anilines is 1. The van der Waals surface area contributed by atoms with Crippen LogP contribution in [0.5, 0.6) is 5.75 Å². The lowest BCUT2D eigenvalue weighted by atomic mass is 10.0. The second-order valence-electron chi connectivity index (χ2n) is 5.01. The number of hydrogen-bond donors (Lipinski definition) is 2. The van der Waals surface area contributed by atoms with E-state index in [1.54, 1.807) is 24.3 Å². The molecule has 21 heavy (non-hydrogen) atoms. The van der Waals surface area contributed by atoms with Gasteiger partial charge in [0.05, 0.1) is 5.92 Å². The molecule has 0 aliphatic heterocycles. The number of amides is 1. The van der Waals surface area contributed by atoms with Crippen LogP contribution in [-0.2, 0) is 9.59 Å². The predicted molar refractivity (Wildman–Crippen MR) is 74.6 cm³/mol. The minimum absolute atomic E-state index is 0.0235. The molecule has 110 valence electrons. The number of nitriles is 1. The van der Waals surface area contributed by atoms with E-state index in [2.05, 4.69) is 5.32 Å². The van der Waals surface area contributed by atoms with Crippen molar-refractivity contribution in [2.75, 3.05) is 11.9 Å². The summed E-state index contributed by atoms with van der Waals surface area (Å²) < 4.78 is 5.12. The summed E-state index contributed by atoms with van der Waals surface area (Å²) in [6.45, 7) is -0.0235. The second kappa shape index (κ2) is 6.75. The third-order valence-electron chi connectivity index (χ3n) is 3.58. The molecule has 1 saturated carbocycles. The molecule has 2 atom stereocenters. The molecule has 1 fully saturated rings. The maximum absolute atomic E-state index is 12.1. The first-order valence-electron chi connectivity index (χ1n) is 6.73. The van der Waals surface area contributed by atoms with Crippen LogP contribution in [0.25, 0.3) is 0 Å². The summed E-state index contributed by atoms with van der Waals surface area (Å²) >= 11 is 0. The SMILES string of the molecule is N#CCOc1ccc(NC(=O)[C@@H]2CC[C@H](C(=O)O)C2)cc1. The number of rotatable bonds is 5. The highest BCUT2D eigenvalue weighted by molar-refractivity contribution is 5.93. The van der Waals surface area contributed by atoms with E-state index in [4.69, 9.17) is 15.1 Å². The second-order valence-corrected chi connectivity index (χ2v) is 5.01. The molecular weight excluding hydrogens is 272 g/mol. The molecule has 0 aromatic heterocycles. The Labute approximate surface area is 122 Å². The van der Waals surface area contributed by atoms with Gasteiger partial charge in [-0.2, -0.15) is 5.26 Å². The zero-order valence-electron chi connectivity index (χ0n) is 11.4. The maximum Gasteiger partial charge on any atom is 0.306 e. The van der Waals surface area contributed by atoms with Crippen LogP contribution in [0.15, 0.2) is 24.3 Å². The van der Waals surface area contributed by atoms with Gasteiger partial charge in [0.25, 0.3) is 0 Å². The minimum atomic E-state index is -0.829. The molecule has 0 radical (unpaired) electrons. The van der Waals surface area contributed by atoms with Gasteiger partial charge < -0.3 is 15.2 Å². The third kappa shape index (κ3) is 3.96. The molecule has 0 spiro atoms. The van der Waals surface area contributed by atoms with Gasteiger partial charge in [-0.05, 0) is 43.5 Å². The van der Waals surface area contributed by atoms with Gasteiger partial charge >= 0.3 is 5.97 Å². The molecule has 0 bridgehead atoms. The number of ether oxygens (including phenoxy) is 1. The van der Waals surface area contributed by atoms with Gasteiger partial charge in [-0.15, -0.1) is 0 Å². The summed E-state index contributed by atoms with van der Waals surface area (Å²) in [7, 11) is 0. The predicted octanol–water partition coefficient (Wildman–Crippen LogP) is 2.03. The van der Waals surface area contributed by atoms with Crippen LogP contribution in [0.4, 0.5) is 5.69 Å². The lowest BCUT2D eigenvalue weighted by Gasteiger charge is -2.11. The Hall–Kier alpha value is -2.55. The van der Waals surface area contributed by atoms with Crippen molar-refractivity contribution in [1.82, 2.24) is 0 Å². The van der Waals surface area contributed by atoms with Crippen LogP contribution < -0.4 is 10.1 Å². The number of nitrogens with zero attached hydrogens (tertiary/aromatic N) is 1. The summed E-state index contributed by atoms with van der Waals surface area (Å²) in [5.41, 5.74) is 0.628. The molecule has 1 aliphatic carbocycles. The number of nitrogens with one attached hydrogen (secondary N) is 1. The van der Waals surface area contributed by atoms with Crippen LogP contribution >= 0.6 is 0 Å². The quantitative estimate of drug-likeness (QED) is 0.863. The summed E-state index contributed by atoms with van der Waals surface area (Å²) in [6, 6.07) is 8.59. The van der Waals surface area contributed by atoms with E-state index in [0.29, 0.717) is 30.7 Å². The topological polar surface area (TPSA) is 99.4 Å². The number of carboxylic acid groups (broad SMARTS) is 1. The molecule has 6 nitrogen and oxygen atoms in total. The molecular formula is C15H16N2O4. The monoisotopic (exact) mass is 288 g/mol. The van der Waals surface area contributed by atoms with E-state index in [1.165, 1.54) is 0 Å². The smallest absolute Gasteiger partial charge is 0.306 e. The first-order valence-corrected chi connectivity index (χ1v) is 6.73. The Morgan fingerprint density at radius 1 is 1.29 bits per heavy atom. The summed E-state index contributed by atoms with van der Waals surface area (Å²) in [6.07, 6.45) is 1.55. The van der Waals surface area contributed by atoms with Crippen LogP contribution in [0.1, 0.15) is 19.3 Å². The lowest BCUT2D eigenvalue weighted by molar-refractivity contribution is -0.141. The molecule has 0 heterocycles. The number of carbonyl (C=O) groups is 2. The fraction of sp³-hybridized carbons (Fsp3) is 0.400. The number of benzene rings is 1. The standard InChI is InChI=1S/C15H16N2O4/c16-7-8-21-13-5-3-12(4-6-13)17-14(18)10-1-2-11(9-10)15(19)20/h3-6,10-11H,1-2,8-9H2,(H,17,18)(H,19,20)/t10-,11+/m1/s1. The van der Waals surface area contributed by atoms with Gasteiger partial charge in [0, 0.05) is 11.6 Å². The molecule has 1 amide bonds. The molecule has 1 aliphatic rings. The van der Waals surface area contributed by atoms with Crippen LogP contribution in [0, 0.1) is 23.2 Å². The van der Waals surface area contributed by atoms with Crippen molar-refractivity contribution in [3.05, 3.63) is 24.3 Å².